The van der Waals surface area contributed by atoms with Crippen molar-refractivity contribution in [1.29, 1.82) is 0 Å². The van der Waals surface area contributed by atoms with Gasteiger partial charge in [0, 0.05) is 54.7 Å². The maximum atomic E-state index is 13.0. The molecule has 39 heavy (non-hydrogen) atoms. The number of anilines is 2. The highest BCUT2D eigenvalue weighted by molar-refractivity contribution is 7.93. The van der Waals surface area contributed by atoms with Crippen LogP contribution in [0.1, 0.15) is 10.4 Å². The SMILES string of the molecule is O=C(c1ccc(NS(=O)(=O)c2cccc3cccnc23)cc1)N1CCN(c2ccc(OC(F)(F)F)cc2)CC1. The predicted molar refractivity (Wildman–Crippen MR) is 140 cm³/mol. The number of hydrogen-bond donors (Lipinski definition) is 1. The minimum absolute atomic E-state index is 0.0566. The van der Waals surface area contributed by atoms with Crippen LogP contribution in [0.2, 0.25) is 0 Å². The van der Waals surface area contributed by atoms with Crippen molar-refractivity contribution in [2.45, 2.75) is 11.3 Å². The highest BCUT2D eigenvalue weighted by Crippen LogP contribution is 2.27. The Labute approximate surface area is 222 Å². The van der Waals surface area contributed by atoms with Crippen LogP contribution in [-0.2, 0) is 10.0 Å². The molecule has 3 aromatic carbocycles. The van der Waals surface area contributed by atoms with Crippen molar-refractivity contribution in [2.24, 2.45) is 0 Å². The number of carbonyl (C=O) groups is 1. The molecule has 8 nitrogen and oxygen atoms in total. The number of para-hydroxylation sites is 1. The number of ether oxygens (including phenoxy) is 1. The Morgan fingerprint density at radius 1 is 0.872 bits per heavy atom. The lowest BCUT2D eigenvalue weighted by atomic mass is 10.1. The molecular weight excluding hydrogens is 533 g/mol. The van der Waals surface area contributed by atoms with Gasteiger partial charge in [-0.2, -0.15) is 0 Å². The number of hydrogen-bond acceptors (Lipinski definition) is 6. The Balaban J connectivity index is 1.20. The topological polar surface area (TPSA) is 91.8 Å². The largest absolute Gasteiger partial charge is 0.573 e. The standard InChI is InChI=1S/C27H23F3N4O4S/c28-27(29,30)38-23-12-10-22(11-13-23)33-15-17-34(18-16-33)26(35)20-6-8-21(9-7-20)32-39(36,37)24-5-1-3-19-4-2-14-31-25(19)24/h1-14,32H,15-18H2. The Morgan fingerprint density at radius 2 is 1.54 bits per heavy atom. The summed E-state index contributed by atoms with van der Waals surface area (Å²) in [6.07, 6.45) is -3.21. The molecule has 1 aliphatic rings. The Morgan fingerprint density at radius 3 is 2.21 bits per heavy atom. The van der Waals surface area contributed by atoms with Gasteiger partial charge >= 0.3 is 6.36 Å². The van der Waals surface area contributed by atoms with E-state index in [-0.39, 0.29) is 16.6 Å². The molecule has 2 heterocycles. The van der Waals surface area contributed by atoms with Crippen LogP contribution < -0.4 is 14.4 Å². The van der Waals surface area contributed by atoms with E-state index < -0.39 is 16.4 Å². The van der Waals surface area contributed by atoms with Crippen molar-refractivity contribution in [1.82, 2.24) is 9.88 Å². The van der Waals surface area contributed by atoms with Crippen molar-refractivity contribution < 1.29 is 31.1 Å². The van der Waals surface area contributed by atoms with Crippen LogP contribution in [0.5, 0.6) is 5.75 Å². The van der Waals surface area contributed by atoms with E-state index in [1.165, 1.54) is 36.5 Å². The molecule has 0 saturated carbocycles. The van der Waals surface area contributed by atoms with E-state index in [4.69, 9.17) is 0 Å². The van der Waals surface area contributed by atoms with Crippen LogP contribution >= 0.6 is 0 Å². The number of nitrogens with zero attached hydrogens (tertiary/aromatic N) is 3. The van der Waals surface area contributed by atoms with Crippen molar-refractivity contribution in [3.05, 3.63) is 90.6 Å². The molecule has 4 aromatic rings. The number of aromatic nitrogens is 1. The molecule has 202 valence electrons. The first-order valence-electron chi connectivity index (χ1n) is 12.0. The summed E-state index contributed by atoms with van der Waals surface area (Å²) in [5, 5.41) is 0.703. The summed E-state index contributed by atoms with van der Waals surface area (Å²) < 4.78 is 69.6. The lowest BCUT2D eigenvalue weighted by Crippen LogP contribution is -2.48. The minimum Gasteiger partial charge on any atom is -0.406 e. The van der Waals surface area contributed by atoms with E-state index >= 15 is 0 Å². The number of piperazine rings is 1. The van der Waals surface area contributed by atoms with E-state index in [0.29, 0.717) is 48.3 Å². The monoisotopic (exact) mass is 556 g/mol. The van der Waals surface area contributed by atoms with Crippen molar-refractivity contribution >= 4 is 38.2 Å². The van der Waals surface area contributed by atoms with Crippen LogP contribution in [0, 0.1) is 0 Å². The molecule has 1 amide bonds. The molecule has 1 aromatic heterocycles. The van der Waals surface area contributed by atoms with Gasteiger partial charge in [0.15, 0.2) is 0 Å². The number of nitrogens with one attached hydrogen (secondary N) is 1. The molecule has 0 aliphatic carbocycles. The third kappa shape index (κ3) is 6.06. The van der Waals surface area contributed by atoms with Crippen LogP contribution in [-0.4, -0.2) is 56.8 Å². The molecule has 1 fully saturated rings. The van der Waals surface area contributed by atoms with Gasteiger partial charge in [-0.05, 0) is 60.7 Å². The molecule has 0 radical (unpaired) electrons. The van der Waals surface area contributed by atoms with E-state index in [2.05, 4.69) is 14.4 Å². The van der Waals surface area contributed by atoms with Gasteiger partial charge in [0.25, 0.3) is 15.9 Å². The number of amides is 1. The number of benzene rings is 3. The summed E-state index contributed by atoms with van der Waals surface area (Å²) in [5.41, 5.74) is 1.81. The third-order valence-electron chi connectivity index (χ3n) is 6.27. The quantitative estimate of drug-likeness (QED) is 0.364. The number of alkyl halides is 3. The van der Waals surface area contributed by atoms with Crippen molar-refractivity contribution in [2.75, 3.05) is 35.8 Å². The molecule has 1 N–H and O–H groups in total. The lowest BCUT2D eigenvalue weighted by Gasteiger charge is -2.36. The van der Waals surface area contributed by atoms with Crippen molar-refractivity contribution in [3.8, 4) is 5.75 Å². The highest BCUT2D eigenvalue weighted by atomic mass is 32.2. The highest BCUT2D eigenvalue weighted by Gasteiger charge is 2.31. The van der Waals surface area contributed by atoms with Gasteiger partial charge in [-0.25, -0.2) is 8.42 Å². The van der Waals surface area contributed by atoms with Gasteiger partial charge in [-0.1, -0.05) is 18.2 Å². The molecule has 0 unspecified atom stereocenters. The minimum atomic E-state index is -4.75. The van der Waals surface area contributed by atoms with Crippen molar-refractivity contribution in [3.63, 3.8) is 0 Å². The zero-order valence-corrected chi connectivity index (χ0v) is 21.2. The molecule has 0 atom stereocenters. The fourth-order valence-corrected chi connectivity index (χ4v) is 5.63. The summed E-state index contributed by atoms with van der Waals surface area (Å²) in [6.45, 7) is 1.84. The molecule has 5 rings (SSSR count). The van der Waals surface area contributed by atoms with Gasteiger partial charge in [0.05, 0.1) is 5.52 Å². The van der Waals surface area contributed by atoms with E-state index in [1.54, 1.807) is 53.4 Å². The fourth-order valence-electron chi connectivity index (χ4n) is 4.39. The number of fused-ring (bicyclic) bond motifs is 1. The molecule has 12 heteroatoms. The van der Waals surface area contributed by atoms with Crippen LogP contribution in [0.25, 0.3) is 10.9 Å². The first kappa shape index (κ1) is 26.3. The number of carbonyl (C=O) groups excluding carboxylic acids is 1. The van der Waals surface area contributed by atoms with E-state index in [9.17, 15) is 26.4 Å². The van der Waals surface area contributed by atoms with Crippen LogP contribution in [0.4, 0.5) is 24.5 Å². The molecular formula is C27H23F3N4O4S. The van der Waals surface area contributed by atoms with Gasteiger partial charge < -0.3 is 14.5 Å². The average molecular weight is 557 g/mol. The Kier molecular flexibility index (Phi) is 7.04. The average Bonchev–Trinajstić information content (AvgIpc) is 2.92. The smallest absolute Gasteiger partial charge is 0.406 e. The normalized spacial score (nSPS) is 14.3. The first-order chi connectivity index (χ1) is 18.6. The maximum absolute atomic E-state index is 13.0. The second-order valence-corrected chi connectivity index (χ2v) is 10.5. The van der Waals surface area contributed by atoms with E-state index in [0.717, 1.165) is 5.69 Å². The Bertz CT molecular complexity index is 1580. The van der Waals surface area contributed by atoms with E-state index in [1.807, 2.05) is 4.90 Å². The molecule has 1 aliphatic heterocycles. The summed E-state index contributed by atoms with van der Waals surface area (Å²) in [6, 6.07) is 20.2. The number of halogens is 3. The number of pyridine rings is 1. The summed E-state index contributed by atoms with van der Waals surface area (Å²) in [7, 11) is -3.91. The predicted octanol–water partition coefficient (Wildman–Crippen LogP) is 4.90. The van der Waals surface area contributed by atoms with Gasteiger partial charge in [-0.3, -0.25) is 14.5 Å². The zero-order chi connectivity index (χ0) is 27.6. The second-order valence-electron chi connectivity index (χ2n) is 8.84. The molecule has 0 spiro atoms. The van der Waals surface area contributed by atoms with Crippen LogP contribution in [0.15, 0.2) is 90.0 Å². The lowest BCUT2D eigenvalue weighted by molar-refractivity contribution is -0.274. The Hall–Kier alpha value is -4.32. The summed E-state index contributed by atoms with van der Waals surface area (Å²) in [4.78, 5) is 20.9. The second kappa shape index (κ2) is 10.4. The third-order valence-corrected chi connectivity index (χ3v) is 7.68. The number of sulfonamides is 1. The number of rotatable bonds is 6. The van der Waals surface area contributed by atoms with Crippen LogP contribution in [0.3, 0.4) is 0 Å². The van der Waals surface area contributed by atoms with Gasteiger partial charge in [-0.15, -0.1) is 13.2 Å². The maximum Gasteiger partial charge on any atom is 0.573 e. The fraction of sp³-hybridized carbons (Fsp3) is 0.185. The summed E-state index contributed by atoms with van der Waals surface area (Å²) >= 11 is 0. The van der Waals surface area contributed by atoms with Gasteiger partial charge in [0.2, 0.25) is 0 Å². The molecule has 1 saturated heterocycles. The summed E-state index contributed by atoms with van der Waals surface area (Å²) in [5.74, 6) is -0.490. The zero-order valence-electron chi connectivity index (χ0n) is 20.4. The van der Waals surface area contributed by atoms with Gasteiger partial charge in [0.1, 0.15) is 10.6 Å². The molecule has 0 bridgehead atoms. The first-order valence-corrected chi connectivity index (χ1v) is 13.4.